The van der Waals surface area contributed by atoms with Crippen molar-refractivity contribution in [1.29, 1.82) is 0 Å². The summed E-state index contributed by atoms with van der Waals surface area (Å²) in [4.78, 5) is 27.5. The molecule has 0 aliphatic carbocycles. The molecule has 2 fully saturated rings. The lowest BCUT2D eigenvalue weighted by Crippen LogP contribution is -2.51. The predicted molar refractivity (Wildman–Crippen MR) is 90.5 cm³/mol. The maximum atomic E-state index is 12.4. The van der Waals surface area contributed by atoms with Gasteiger partial charge < -0.3 is 9.80 Å². The third kappa shape index (κ3) is 4.16. The smallest absolute Gasteiger partial charge is 0.319 e. The van der Waals surface area contributed by atoms with Crippen LogP contribution in [0.3, 0.4) is 0 Å². The summed E-state index contributed by atoms with van der Waals surface area (Å²) in [5, 5.41) is 0. The van der Waals surface area contributed by atoms with E-state index in [1.165, 1.54) is 0 Å². The summed E-state index contributed by atoms with van der Waals surface area (Å²) in [7, 11) is 0. The van der Waals surface area contributed by atoms with Gasteiger partial charge in [-0.2, -0.15) is 0 Å². The van der Waals surface area contributed by atoms with Gasteiger partial charge >= 0.3 is 6.03 Å². The van der Waals surface area contributed by atoms with Gasteiger partial charge in [0, 0.05) is 61.0 Å². The van der Waals surface area contributed by atoms with Crippen molar-refractivity contribution in [2.24, 2.45) is 5.92 Å². The first-order valence-corrected chi connectivity index (χ1v) is 8.87. The summed E-state index contributed by atoms with van der Waals surface area (Å²) in [5.41, 5.74) is 0. The molecular formula is C12H19I2N3O2. The number of hydrogen-bond donors (Lipinski definition) is 1. The number of halogens is 2. The van der Waals surface area contributed by atoms with Crippen LogP contribution in [0.15, 0.2) is 0 Å². The Morgan fingerprint density at radius 3 is 1.84 bits per heavy atom. The molecule has 0 unspecified atom stereocenters. The fourth-order valence-electron chi connectivity index (χ4n) is 2.68. The van der Waals surface area contributed by atoms with Crippen molar-refractivity contribution in [3.63, 3.8) is 0 Å². The summed E-state index contributed by atoms with van der Waals surface area (Å²) in [6.07, 6.45) is 3.69. The number of hydrogen-bond acceptors (Lipinski definition) is 3. The molecule has 0 saturated carbocycles. The van der Waals surface area contributed by atoms with Crippen LogP contribution in [0.2, 0.25) is 0 Å². The zero-order chi connectivity index (χ0) is 13.8. The van der Waals surface area contributed by atoms with Crippen LogP contribution >= 0.6 is 45.5 Å². The van der Waals surface area contributed by atoms with Crippen LogP contribution < -0.4 is 3.53 Å². The average Bonchev–Trinajstić information content (AvgIpc) is 2.46. The number of amides is 2. The minimum absolute atomic E-state index is 0.151. The Morgan fingerprint density at radius 2 is 1.42 bits per heavy atom. The number of rotatable bonds is 2. The van der Waals surface area contributed by atoms with Gasteiger partial charge in [-0.1, -0.05) is 0 Å². The summed E-state index contributed by atoms with van der Waals surface area (Å²) < 4.78 is 3.48. The lowest BCUT2D eigenvalue weighted by atomic mass is 9.99. The molecule has 2 aliphatic rings. The summed E-state index contributed by atoms with van der Waals surface area (Å²) >= 11 is 4.06. The molecule has 2 rings (SSSR count). The monoisotopic (exact) mass is 491 g/mol. The molecule has 5 nitrogen and oxygen atoms in total. The van der Waals surface area contributed by atoms with Crippen molar-refractivity contribution < 1.29 is 9.59 Å². The fraction of sp³-hybridized carbons (Fsp3) is 0.833. The van der Waals surface area contributed by atoms with Gasteiger partial charge in [-0.15, -0.1) is 0 Å². The molecular weight excluding hydrogens is 472 g/mol. The highest BCUT2D eigenvalue weighted by molar-refractivity contribution is 14.1. The van der Waals surface area contributed by atoms with Gasteiger partial charge in [0.1, 0.15) is 0 Å². The minimum atomic E-state index is 0.151. The Balaban J connectivity index is 1.80. The highest BCUT2D eigenvalue weighted by Gasteiger charge is 2.30. The highest BCUT2D eigenvalue weighted by Crippen LogP contribution is 2.22. The summed E-state index contributed by atoms with van der Waals surface area (Å²) in [6, 6.07) is 0.693. The Bertz CT molecular complexity index is 338. The molecule has 0 radical (unpaired) electrons. The normalized spacial score (nSPS) is 22.6. The molecule has 2 aliphatic heterocycles. The number of carbonyl (C=O) groups is 2. The van der Waals surface area contributed by atoms with E-state index in [2.05, 4.69) is 26.4 Å². The predicted octanol–water partition coefficient (Wildman–Crippen LogP) is 2.18. The lowest BCUT2D eigenvalue weighted by Gasteiger charge is -2.38. The zero-order valence-electron chi connectivity index (χ0n) is 10.8. The van der Waals surface area contributed by atoms with Gasteiger partial charge in [0.15, 0.2) is 3.79 Å². The highest BCUT2D eigenvalue weighted by atomic mass is 127. The van der Waals surface area contributed by atoms with Crippen molar-refractivity contribution in [2.75, 3.05) is 26.2 Å². The van der Waals surface area contributed by atoms with E-state index < -0.39 is 0 Å². The van der Waals surface area contributed by atoms with Crippen molar-refractivity contribution >= 4 is 55.3 Å². The molecule has 1 N–H and O–H groups in total. The van der Waals surface area contributed by atoms with E-state index in [1.807, 2.05) is 32.4 Å². The summed E-state index contributed by atoms with van der Waals surface area (Å²) in [6.45, 7) is 3.13. The van der Waals surface area contributed by atoms with Gasteiger partial charge in [-0.25, -0.2) is 4.79 Å². The van der Waals surface area contributed by atoms with Crippen LogP contribution in [0.4, 0.5) is 4.79 Å². The second-order valence-corrected chi connectivity index (χ2v) is 6.90. The standard InChI is InChI=1S/C12H19I2N3O2/c13-11(18)9-1-5-16(6-2-9)12(19)17-7-3-10(15-14)4-8-17/h9-10,15H,1-8H2. The van der Waals surface area contributed by atoms with E-state index >= 15 is 0 Å². The van der Waals surface area contributed by atoms with Crippen molar-refractivity contribution in [3.8, 4) is 0 Å². The second-order valence-electron chi connectivity index (χ2n) is 5.22. The number of piperidine rings is 2. The molecule has 2 heterocycles. The molecule has 0 aromatic rings. The molecule has 2 amide bonds. The maximum absolute atomic E-state index is 12.4. The first kappa shape index (κ1) is 15.7. The van der Waals surface area contributed by atoms with Crippen LogP contribution in [0.1, 0.15) is 25.7 Å². The van der Waals surface area contributed by atoms with Crippen LogP contribution in [-0.4, -0.2) is 51.8 Å². The fourth-order valence-corrected chi connectivity index (χ4v) is 3.92. The molecule has 2 saturated heterocycles. The van der Waals surface area contributed by atoms with E-state index in [4.69, 9.17) is 0 Å². The van der Waals surface area contributed by atoms with E-state index in [-0.39, 0.29) is 15.7 Å². The van der Waals surface area contributed by atoms with E-state index in [9.17, 15) is 9.59 Å². The van der Waals surface area contributed by atoms with Gasteiger partial charge in [0.05, 0.1) is 0 Å². The Kier molecular flexibility index (Phi) is 6.12. The average molecular weight is 491 g/mol. The van der Waals surface area contributed by atoms with E-state index in [0.717, 1.165) is 51.9 Å². The van der Waals surface area contributed by atoms with Gasteiger partial charge in [0.25, 0.3) is 0 Å². The van der Waals surface area contributed by atoms with Gasteiger partial charge in [0.2, 0.25) is 0 Å². The summed E-state index contributed by atoms with van der Waals surface area (Å²) in [5.74, 6) is 0.151. The number of urea groups is 1. The molecule has 19 heavy (non-hydrogen) atoms. The topological polar surface area (TPSA) is 52.7 Å². The third-order valence-electron chi connectivity index (χ3n) is 4.01. The lowest BCUT2D eigenvalue weighted by molar-refractivity contribution is -0.113. The van der Waals surface area contributed by atoms with Crippen LogP contribution in [0.5, 0.6) is 0 Å². The largest absolute Gasteiger partial charge is 0.325 e. The number of nitrogens with zero attached hydrogens (tertiary/aromatic N) is 2. The Labute approximate surface area is 141 Å². The molecule has 0 aromatic heterocycles. The Hall–Kier alpha value is 0.360. The van der Waals surface area contributed by atoms with Crippen LogP contribution in [-0.2, 0) is 4.79 Å². The zero-order valence-corrected chi connectivity index (χ0v) is 15.1. The first-order valence-electron chi connectivity index (χ1n) is 6.71. The van der Waals surface area contributed by atoms with Gasteiger partial charge in [-0.05, 0) is 48.3 Å². The van der Waals surface area contributed by atoms with E-state index in [1.54, 1.807) is 0 Å². The second kappa shape index (κ2) is 7.39. The van der Waals surface area contributed by atoms with Gasteiger partial charge in [-0.3, -0.25) is 8.32 Å². The Morgan fingerprint density at radius 1 is 0.947 bits per heavy atom. The van der Waals surface area contributed by atoms with Crippen molar-refractivity contribution in [2.45, 2.75) is 31.7 Å². The van der Waals surface area contributed by atoms with Crippen LogP contribution in [0, 0.1) is 5.92 Å². The minimum Gasteiger partial charge on any atom is -0.325 e. The van der Waals surface area contributed by atoms with Crippen molar-refractivity contribution in [3.05, 3.63) is 0 Å². The first-order chi connectivity index (χ1) is 9.11. The van der Waals surface area contributed by atoms with E-state index in [0.29, 0.717) is 6.04 Å². The maximum Gasteiger partial charge on any atom is 0.319 e. The molecule has 108 valence electrons. The number of carbonyl (C=O) groups excluding carboxylic acids is 2. The van der Waals surface area contributed by atoms with Crippen LogP contribution in [0.25, 0.3) is 0 Å². The number of nitrogens with one attached hydrogen (secondary N) is 1. The molecule has 7 heteroatoms. The quantitative estimate of drug-likeness (QED) is 0.367. The third-order valence-corrected chi connectivity index (χ3v) is 5.77. The molecule has 0 aromatic carbocycles. The van der Waals surface area contributed by atoms with Crippen molar-refractivity contribution in [1.82, 2.24) is 13.3 Å². The molecule has 0 bridgehead atoms. The number of likely N-dealkylation sites (tertiary alicyclic amines) is 2. The molecule has 0 atom stereocenters. The SMILES string of the molecule is O=C(I)C1CCN(C(=O)N2CCC(NI)CC2)CC1. The molecule has 0 spiro atoms.